The molecule has 0 fully saturated rings. The van der Waals surface area contributed by atoms with Crippen molar-refractivity contribution in [1.29, 1.82) is 0 Å². The van der Waals surface area contributed by atoms with Gasteiger partial charge in [0.05, 0.1) is 16.5 Å². The number of hydrogen-bond donors (Lipinski definition) is 1. The molecular weight excluding hydrogens is 309 g/mol. The van der Waals surface area contributed by atoms with Crippen molar-refractivity contribution in [2.24, 2.45) is 0 Å². The first kappa shape index (κ1) is 13.9. The molecule has 106 valence electrons. The van der Waals surface area contributed by atoms with Crippen molar-refractivity contribution >= 4 is 28.9 Å². The lowest BCUT2D eigenvalue weighted by Crippen LogP contribution is -1.89. The van der Waals surface area contributed by atoms with Crippen molar-refractivity contribution in [2.45, 2.75) is 6.42 Å². The molecule has 0 unspecified atom stereocenters. The van der Waals surface area contributed by atoms with E-state index in [2.05, 4.69) is 10.1 Å². The van der Waals surface area contributed by atoms with Crippen LogP contribution in [0.1, 0.15) is 11.5 Å². The predicted octanol–water partition coefficient (Wildman–Crippen LogP) is 4.22. The number of anilines is 1. The molecule has 0 saturated carbocycles. The fourth-order valence-electron chi connectivity index (χ4n) is 1.95. The second kappa shape index (κ2) is 5.76. The first-order chi connectivity index (χ1) is 10.1. The molecule has 0 aliphatic rings. The molecule has 2 aromatic carbocycles. The van der Waals surface area contributed by atoms with E-state index in [0.29, 0.717) is 33.9 Å². The fourth-order valence-corrected chi connectivity index (χ4v) is 2.27. The van der Waals surface area contributed by atoms with E-state index in [4.69, 9.17) is 33.5 Å². The van der Waals surface area contributed by atoms with Crippen LogP contribution in [0.4, 0.5) is 5.69 Å². The normalized spacial score (nSPS) is 10.8. The van der Waals surface area contributed by atoms with Gasteiger partial charge in [-0.15, -0.1) is 0 Å². The highest BCUT2D eigenvalue weighted by Crippen LogP contribution is 2.24. The Morgan fingerprint density at radius 2 is 1.90 bits per heavy atom. The second-order valence-electron chi connectivity index (χ2n) is 4.56. The Balaban J connectivity index is 1.83. The van der Waals surface area contributed by atoms with Crippen molar-refractivity contribution in [3.63, 3.8) is 0 Å². The summed E-state index contributed by atoms with van der Waals surface area (Å²) in [6, 6.07) is 12.7. The van der Waals surface area contributed by atoms with Gasteiger partial charge in [0.15, 0.2) is 0 Å². The average Bonchev–Trinajstić information content (AvgIpc) is 2.91. The van der Waals surface area contributed by atoms with Crippen LogP contribution in [0.5, 0.6) is 0 Å². The third kappa shape index (κ3) is 3.17. The molecule has 1 heterocycles. The Bertz CT molecular complexity index is 786. The molecule has 0 atom stereocenters. The summed E-state index contributed by atoms with van der Waals surface area (Å²) in [4.78, 5) is 4.36. The number of nitrogens with two attached hydrogens (primary N) is 1. The summed E-state index contributed by atoms with van der Waals surface area (Å²) in [6.45, 7) is 0. The summed E-state index contributed by atoms with van der Waals surface area (Å²) in [7, 11) is 0. The highest BCUT2D eigenvalue weighted by molar-refractivity contribution is 6.42. The molecule has 1 aromatic heterocycles. The van der Waals surface area contributed by atoms with Gasteiger partial charge < -0.3 is 10.3 Å². The van der Waals surface area contributed by atoms with E-state index in [1.54, 1.807) is 24.3 Å². The minimum atomic E-state index is 0.492. The second-order valence-corrected chi connectivity index (χ2v) is 5.38. The molecule has 3 rings (SSSR count). The average molecular weight is 320 g/mol. The van der Waals surface area contributed by atoms with Crippen LogP contribution in [0.3, 0.4) is 0 Å². The number of aromatic nitrogens is 2. The van der Waals surface area contributed by atoms with Crippen LogP contribution < -0.4 is 5.73 Å². The van der Waals surface area contributed by atoms with Gasteiger partial charge in [-0.25, -0.2) is 0 Å². The highest BCUT2D eigenvalue weighted by Gasteiger charge is 2.10. The molecule has 4 nitrogen and oxygen atoms in total. The number of nitrogens with zero attached hydrogens (tertiary/aromatic N) is 2. The van der Waals surface area contributed by atoms with Crippen molar-refractivity contribution < 1.29 is 4.52 Å². The van der Waals surface area contributed by atoms with Crippen LogP contribution >= 0.6 is 23.2 Å². The molecule has 0 saturated heterocycles. The fraction of sp³-hybridized carbons (Fsp3) is 0.0667. The van der Waals surface area contributed by atoms with Crippen LogP contribution in [0.2, 0.25) is 10.0 Å². The van der Waals surface area contributed by atoms with Gasteiger partial charge in [0.25, 0.3) is 0 Å². The Hall–Kier alpha value is -2.04. The number of halogens is 2. The summed E-state index contributed by atoms with van der Waals surface area (Å²) in [5.41, 5.74) is 8.17. The lowest BCUT2D eigenvalue weighted by Gasteiger charge is -1.99. The lowest BCUT2D eigenvalue weighted by molar-refractivity contribution is 0.385. The molecular formula is C15H11Cl2N3O. The van der Waals surface area contributed by atoms with Crippen LogP contribution in [0, 0.1) is 0 Å². The maximum atomic E-state index is 5.99. The molecule has 3 aromatic rings. The molecule has 0 aliphatic carbocycles. The van der Waals surface area contributed by atoms with Gasteiger partial charge in [0.1, 0.15) is 0 Å². The van der Waals surface area contributed by atoms with Gasteiger partial charge in [0, 0.05) is 11.3 Å². The molecule has 0 spiro atoms. The van der Waals surface area contributed by atoms with Crippen molar-refractivity contribution in [3.8, 4) is 11.4 Å². The molecule has 0 aliphatic heterocycles. The Morgan fingerprint density at radius 3 is 2.67 bits per heavy atom. The largest absolute Gasteiger partial charge is 0.399 e. The summed E-state index contributed by atoms with van der Waals surface area (Å²) >= 11 is 11.9. The zero-order valence-corrected chi connectivity index (χ0v) is 12.4. The number of nitrogen functional groups attached to an aromatic ring is 1. The van der Waals surface area contributed by atoms with E-state index in [1.807, 2.05) is 18.2 Å². The standard InChI is InChI=1S/C15H11Cl2N3O/c16-12-5-4-9(6-13(12)17)7-14-19-15(20-21-14)10-2-1-3-11(18)8-10/h1-6,8H,7,18H2. The van der Waals surface area contributed by atoms with Crippen molar-refractivity contribution in [3.05, 3.63) is 64.0 Å². The molecule has 0 radical (unpaired) electrons. The number of benzene rings is 2. The van der Waals surface area contributed by atoms with Crippen LogP contribution in [-0.4, -0.2) is 10.1 Å². The van der Waals surface area contributed by atoms with E-state index >= 15 is 0 Å². The SMILES string of the molecule is Nc1cccc(-c2noc(Cc3ccc(Cl)c(Cl)c3)n2)c1. The molecule has 0 bridgehead atoms. The molecule has 0 amide bonds. The first-order valence-corrected chi connectivity index (χ1v) is 7.00. The maximum absolute atomic E-state index is 5.99. The third-order valence-electron chi connectivity index (χ3n) is 2.95. The quantitative estimate of drug-likeness (QED) is 0.734. The van der Waals surface area contributed by atoms with Gasteiger partial charge >= 0.3 is 0 Å². The van der Waals surface area contributed by atoms with Crippen LogP contribution in [-0.2, 0) is 6.42 Å². The molecule has 2 N–H and O–H groups in total. The summed E-state index contributed by atoms with van der Waals surface area (Å²) in [5.74, 6) is 1.02. The topological polar surface area (TPSA) is 64.9 Å². The molecule has 6 heteroatoms. The van der Waals surface area contributed by atoms with Crippen molar-refractivity contribution in [1.82, 2.24) is 10.1 Å². The Kier molecular flexibility index (Phi) is 3.82. The lowest BCUT2D eigenvalue weighted by atomic mass is 10.1. The minimum absolute atomic E-state index is 0.492. The predicted molar refractivity (Wildman–Crippen MR) is 83.4 cm³/mol. The monoisotopic (exact) mass is 319 g/mol. The van der Waals surface area contributed by atoms with Gasteiger partial charge in [-0.05, 0) is 29.8 Å². The van der Waals surface area contributed by atoms with E-state index in [1.165, 1.54) is 0 Å². The van der Waals surface area contributed by atoms with Crippen LogP contribution in [0.25, 0.3) is 11.4 Å². The minimum Gasteiger partial charge on any atom is -0.399 e. The number of hydrogen-bond acceptors (Lipinski definition) is 4. The van der Waals surface area contributed by atoms with E-state index in [0.717, 1.165) is 11.1 Å². The Labute approximate surface area is 131 Å². The zero-order valence-electron chi connectivity index (χ0n) is 10.9. The zero-order chi connectivity index (χ0) is 14.8. The van der Waals surface area contributed by atoms with Gasteiger partial charge in [-0.1, -0.05) is 46.6 Å². The molecule has 21 heavy (non-hydrogen) atoms. The van der Waals surface area contributed by atoms with E-state index in [9.17, 15) is 0 Å². The maximum Gasteiger partial charge on any atom is 0.231 e. The van der Waals surface area contributed by atoms with Gasteiger partial charge in [-0.2, -0.15) is 4.98 Å². The summed E-state index contributed by atoms with van der Waals surface area (Å²) < 4.78 is 5.25. The highest BCUT2D eigenvalue weighted by atomic mass is 35.5. The van der Waals surface area contributed by atoms with Crippen molar-refractivity contribution in [2.75, 3.05) is 5.73 Å². The first-order valence-electron chi connectivity index (χ1n) is 6.24. The summed E-state index contributed by atoms with van der Waals surface area (Å²) in [5, 5.41) is 4.99. The van der Waals surface area contributed by atoms with Gasteiger partial charge in [-0.3, -0.25) is 0 Å². The van der Waals surface area contributed by atoms with Gasteiger partial charge in [0.2, 0.25) is 11.7 Å². The number of rotatable bonds is 3. The Morgan fingerprint density at radius 1 is 1.05 bits per heavy atom. The van der Waals surface area contributed by atoms with E-state index < -0.39 is 0 Å². The third-order valence-corrected chi connectivity index (χ3v) is 3.69. The summed E-state index contributed by atoms with van der Waals surface area (Å²) in [6.07, 6.45) is 0.492. The smallest absolute Gasteiger partial charge is 0.231 e. The van der Waals surface area contributed by atoms with Crippen LogP contribution in [0.15, 0.2) is 47.0 Å². The van der Waals surface area contributed by atoms with E-state index in [-0.39, 0.29) is 0 Å².